The van der Waals surface area contributed by atoms with Gasteiger partial charge in [0, 0.05) is 6.07 Å². The molecule has 0 bridgehead atoms. The molecule has 27 heavy (non-hydrogen) atoms. The van der Waals surface area contributed by atoms with Gasteiger partial charge >= 0.3 is 0 Å². The van der Waals surface area contributed by atoms with Gasteiger partial charge in [-0.2, -0.15) is 4.57 Å². The Bertz CT molecular complexity index is 805. The Morgan fingerprint density at radius 3 is 2.81 bits per heavy atom. The SMILES string of the molecule is CCCCCCCOC[n+]1cccc(NCn2cnc3ccccc32)c1.[Cl-]. The maximum atomic E-state index is 5.78. The van der Waals surface area contributed by atoms with Crippen molar-refractivity contribution in [1.29, 1.82) is 0 Å². The summed E-state index contributed by atoms with van der Waals surface area (Å²) in [5, 5.41) is 3.45. The summed E-state index contributed by atoms with van der Waals surface area (Å²) < 4.78 is 9.96. The van der Waals surface area contributed by atoms with Crippen LogP contribution in [0.3, 0.4) is 0 Å². The van der Waals surface area contributed by atoms with E-state index in [0.717, 1.165) is 29.7 Å². The molecule has 5 nitrogen and oxygen atoms in total. The molecule has 0 aliphatic rings. The van der Waals surface area contributed by atoms with Crippen molar-refractivity contribution in [2.45, 2.75) is 52.4 Å². The molecule has 0 atom stereocenters. The van der Waals surface area contributed by atoms with Gasteiger partial charge in [-0.05, 0) is 24.6 Å². The normalized spacial score (nSPS) is 10.7. The summed E-state index contributed by atoms with van der Waals surface area (Å²) in [5.41, 5.74) is 3.22. The molecule has 3 aromatic rings. The van der Waals surface area contributed by atoms with Crippen molar-refractivity contribution < 1.29 is 21.7 Å². The van der Waals surface area contributed by atoms with Crippen molar-refractivity contribution in [1.82, 2.24) is 9.55 Å². The molecule has 0 fully saturated rings. The summed E-state index contributed by atoms with van der Waals surface area (Å²) >= 11 is 0. The van der Waals surface area contributed by atoms with E-state index in [1.165, 1.54) is 25.7 Å². The van der Waals surface area contributed by atoms with Crippen molar-refractivity contribution in [2.24, 2.45) is 0 Å². The lowest BCUT2D eigenvalue weighted by Gasteiger charge is -2.08. The van der Waals surface area contributed by atoms with Gasteiger partial charge in [-0.25, -0.2) is 4.98 Å². The highest BCUT2D eigenvalue weighted by atomic mass is 35.5. The largest absolute Gasteiger partial charge is 1.00 e. The third kappa shape index (κ3) is 6.52. The molecule has 0 amide bonds. The number of ether oxygens (including phenoxy) is 1. The molecule has 0 spiro atoms. The predicted octanol–water partition coefficient (Wildman–Crippen LogP) is 1.34. The maximum Gasteiger partial charge on any atom is 0.252 e. The van der Waals surface area contributed by atoms with Crippen LogP contribution in [0.25, 0.3) is 11.0 Å². The average molecular weight is 389 g/mol. The number of aromatic nitrogens is 3. The zero-order valence-corrected chi connectivity index (χ0v) is 16.7. The minimum absolute atomic E-state index is 0. The highest BCUT2D eigenvalue weighted by Crippen LogP contribution is 2.12. The molecule has 6 heteroatoms. The first-order chi connectivity index (χ1) is 12.9. The fourth-order valence-corrected chi connectivity index (χ4v) is 3.00. The highest BCUT2D eigenvalue weighted by Gasteiger charge is 2.04. The number of halogens is 1. The van der Waals surface area contributed by atoms with Gasteiger partial charge in [-0.3, -0.25) is 0 Å². The Morgan fingerprint density at radius 1 is 1.07 bits per heavy atom. The number of hydrogen-bond donors (Lipinski definition) is 1. The van der Waals surface area contributed by atoms with Crippen LogP contribution in [0.1, 0.15) is 39.0 Å². The lowest BCUT2D eigenvalue weighted by molar-refractivity contribution is -0.732. The highest BCUT2D eigenvalue weighted by molar-refractivity contribution is 5.74. The Balaban J connectivity index is 0.00000261. The Morgan fingerprint density at radius 2 is 1.93 bits per heavy atom. The van der Waals surface area contributed by atoms with Crippen molar-refractivity contribution >= 4 is 16.7 Å². The number of para-hydroxylation sites is 2. The van der Waals surface area contributed by atoms with Gasteiger partial charge in [0.15, 0.2) is 12.4 Å². The summed E-state index contributed by atoms with van der Waals surface area (Å²) in [7, 11) is 0. The van der Waals surface area contributed by atoms with E-state index in [9.17, 15) is 0 Å². The zero-order chi connectivity index (χ0) is 18.0. The van der Waals surface area contributed by atoms with Crippen molar-refractivity contribution in [3.8, 4) is 0 Å². The number of nitrogens with zero attached hydrogens (tertiary/aromatic N) is 3. The van der Waals surface area contributed by atoms with Gasteiger partial charge in [-0.15, -0.1) is 0 Å². The molecule has 146 valence electrons. The van der Waals surface area contributed by atoms with Crippen LogP contribution in [0.2, 0.25) is 0 Å². The first kappa shape index (κ1) is 21.2. The Labute approximate surface area is 167 Å². The third-order valence-electron chi connectivity index (χ3n) is 4.47. The topological polar surface area (TPSA) is 43.0 Å². The van der Waals surface area contributed by atoms with Crippen LogP contribution in [0, 0.1) is 0 Å². The fraction of sp³-hybridized carbons (Fsp3) is 0.429. The Hall–Kier alpha value is -2.11. The molecule has 0 radical (unpaired) electrons. The van der Waals surface area contributed by atoms with Crippen molar-refractivity contribution in [2.75, 3.05) is 11.9 Å². The summed E-state index contributed by atoms with van der Waals surface area (Å²) in [6.07, 6.45) is 12.3. The van der Waals surface area contributed by atoms with Crippen LogP contribution in [0.15, 0.2) is 55.1 Å². The lowest BCUT2D eigenvalue weighted by Crippen LogP contribution is -3.00. The molecule has 1 aromatic carbocycles. The van der Waals surface area contributed by atoms with E-state index in [1.807, 2.05) is 36.8 Å². The summed E-state index contributed by atoms with van der Waals surface area (Å²) in [6.45, 7) is 4.35. The molecular formula is C21H29ClN4O. The summed E-state index contributed by atoms with van der Waals surface area (Å²) in [6, 6.07) is 12.3. The van der Waals surface area contributed by atoms with Crippen LogP contribution in [-0.2, 0) is 18.1 Å². The van der Waals surface area contributed by atoms with Crippen molar-refractivity contribution in [3.05, 3.63) is 55.1 Å². The van der Waals surface area contributed by atoms with Gasteiger partial charge in [0.2, 0.25) is 0 Å². The maximum absolute atomic E-state index is 5.78. The first-order valence-electron chi connectivity index (χ1n) is 9.57. The number of benzene rings is 1. The van der Waals surface area contributed by atoms with E-state index >= 15 is 0 Å². The predicted molar refractivity (Wildman–Crippen MR) is 105 cm³/mol. The van der Waals surface area contributed by atoms with Crippen LogP contribution < -0.4 is 22.3 Å². The van der Waals surface area contributed by atoms with E-state index in [2.05, 4.69) is 44.7 Å². The third-order valence-corrected chi connectivity index (χ3v) is 4.47. The number of nitrogens with one attached hydrogen (secondary N) is 1. The van der Waals surface area contributed by atoms with Gasteiger partial charge in [0.25, 0.3) is 6.73 Å². The molecule has 0 unspecified atom stereocenters. The second kappa shape index (κ2) is 11.6. The number of anilines is 1. The van der Waals surface area contributed by atoms with Gasteiger partial charge in [0.05, 0.1) is 30.6 Å². The number of hydrogen-bond acceptors (Lipinski definition) is 3. The van der Waals surface area contributed by atoms with Crippen LogP contribution in [0.5, 0.6) is 0 Å². The van der Waals surface area contributed by atoms with Crippen LogP contribution in [-0.4, -0.2) is 16.2 Å². The summed E-state index contributed by atoms with van der Waals surface area (Å²) in [5.74, 6) is 0. The minimum atomic E-state index is 0. The molecule has 0 aliphatic carbocycles. The van der Waals surface area contributed by atoms with Gasteiger partial charge in [0.1, 0.15) is 5.69 Å². The molecule has 0 aliphatic heterocycles. The molecular weight excluding hydrogens is 360 g/mol. The van der Waals surface area contributed by atoms with E-state index in [0.29, 0.717) is 13.4 Å². The van der Waals surface area contributed by atoms with Crippen molar-refractivity contribution in [3.63, 3.8) is 0 Å². The molecule has 3 rings (SSSR count). The summed E-state index contributed by atoms with van der Waals surface area (Å²) in [4.78, 5) is 4.42. The molecule has 0 saturated heterocycles. The number of pyridine rings is 1. The smallest absolute Gasteiger partial charge is 0.252 e. The quantitative estimate of drug-likeness (QED) is 0.398. The van der Waals surface area contributed by atoms with E-state index in [-0.39, 0.29) is 12.4 Å². The molecule has 2 heterocycles. The van der Waals surface area contributed by atoms with E-state index in [4.69, 9.17) is 4.74 Å². The van der Waals surface area contributed by atoms with Crippen LogP contribution >= 0.6 is 0 Å². The molecule has 2 aromatic heterocycles. The zero-order valence-electron chi connectivity index (χ0n) is 16.0. The van der Waals surface area contributed by atoms with E-state index < -0.39 is 0 Å². The Kier molecular flexibility index (Phi) is 9.08. The number of rotatable bonds is 11. The minimum Gasteiger partial charge on any atom is -1.00 e. The average Bonchev–Trinajstić information content (AvgIpc) is 3.09. The monoisotopic (exact) mass is 388 g/mol. The van der Waals surface area contributed by atoms with Gasteiger partial charge in [-0.1, -0.05) is 44.7 Å². The first-order valence-corrected chi connectivity index (χ1v) is 9.57. The molecule has 0 saturated carbocycles. The number of fused-ring (bicyclic) bond motifs is 1. The second-order valence-electron chi connectivity index (χ2n) is 6.60. The van der Waals surface area contributed by atoms with Gasteiger partial charge < -0.3 is 27.0 Å². The number of unbranched alkanes of at least 4 members (excludes halogenated alkanes) is 4. The fourth-order valence-electron chi connectivity index (χ4n) is 3.00. The van der Waals surface area contributed by atoms with Crippen LogP contribution in [0.4, 0.5) is 5.69 Å². The molecule has 1 N–H and O–H groups in total. The standard InChI is InChI=1S/C21H29N4O.ClH/c1-2-3-4-5-8-14-26-18-24-13-9-10-19(15-24)22-16-25-17-23-20-11-6-7-12-21(20)25;/h6-7,9-13,15,17,22H,2-5,8,14,16,18H2,1H3;1H/q+1;/p-1. The number of imidazole rings is 1. The lowest BCUT2D eigenvalue weighted by atomic mass is 10.2. The van der Waals surface area contributed by atoms with E-state index in [1.54, 1.807) is 0 Å². The second-order valence-corrected chi connectivity index (χ2v) is 6.60.